The third-order valence-electron chi connectivity index (χ3n) is 10.6. The van der Waals surface area contributed by atoms with E-state index in [1.165, 1.54) is 0 Å². The number of carbonyl (C=O) groups excluding carboxylic acids is 3. The summed E-state index contributed by atoms with van der Waals surface area (Å²) in [6, 6.07) is 22.8. The van der Waals surface area contributed by atoms with Gasteiger partial charge in [-0.2, -0.15) is 5.26 Å². The van der Waals surface area contributed by atoms with Crippen LogP contribution in [0.4, 0.5) is 17.1 Å². The number of hydrogen-bond donors (Lipinski definition) is 0. The Bertz CT molecular complexity index is 1930. The number of hydrogen-bond acceptors (Lipinski definition) is 10. The molecule has 1 saturated heterocycles. The number of aldehydes is 3. The van der Waals surface area contributed by atoms with Crippen LogP contribution >= 0.6 is 0 Å². The molecule has 6 rings (SSSR count). The molecule has 0 spiro atoms. The highest BCUT2D eigenvalue weighted by molar-refractivity contribution is 5.80. The summed E-state index contributed by atoms with van der Waals surface area (Å²) in [6.07, 6.45) is 5.01. The van der Waals surface area contributed by atoms with Crippen LogP contribution in [-0.4, -0.2) is 73.8 Å². The fourth-order valence-electron chi connectivity index (χ4n) is 7.26. The number of anilines is 3. The van der Waals surface area contributed by atoms with E-state index in [4.69, 9.17) is 9.26 Å². The molecule has 2 aliphatic rings. The maximum absolute atomic E-state index is 12.1. The molecule has 0 N–H and O–H groups in total. The van der Waals surface area contributed by atoms with Crippen molar-refractivity contribution in [3.05, 3.63) is 94.4 Å². The van der Waals surface area contributed by atoms with Crippen molar-refractivity contribution in [3.8, 4) is 17.2 Å². The molecule has 52 heavy (non-hydrogen) atoms. The standard InChI is InChI=1S/C42H47N5O5/c1-28-8-9-32(41-30(3)44-52-31(41)4)20-40(28)47(36-14-11-35(12-15-36)42(27-43)16-17-42)21-29(2)51-39-23-46(24-39)37-13-10-33(34(19-37)25-49)22-45(5)38(26-50)7-6-18-48/h8-15,18-20,25-26,29,38-39H,6-7,16-17,21-24H2,1-5H3. The van der Waals surface area contributed by atoms with E-state index in [9.17, 15) is 19.6 Å². The second-order valence-electron chi connectivity index (χ2n) is 14.4. The van der Waals surface area contributed by atoms with Gasteiger partial charge in [-0.25, -0.2) is 0 Å². The quantitative estimate of drug-likeness (QED) is 0.106. The molecule has 1 aliphatic carbocycles. The van der Waals surface area contributed by atoms with Gasteiger partial charge in [0.25, 0.3) is 0 Å². The second kappa shape index (κ2) is 15.6. The van der Waals surface area contributed by atoms with Crippen molar-refractivity contribution in [1.29, 1.82) is 5.26 Å². The predicted octanol–water partition coefficient (Wildman–Crippen LogP) is 7.04. The molecule has 2 heterocycles. The van der Waals surface area contributed by atoms with Gasteiger partial charge in [0.15, 0.2) is 0 Å². The molecule has 10 heteroatoms. The summed E-state index contributed by atoms with van der Waals surface area (Å²) < 4.78 is 12.1. The van der Waals surface area contributed by atoms with Crippen LogP contribution in [0.1, 0.15) is 71.1 Å². The first kappa shape index (κ1) is 36.7. The number of aryl methyl sites for hydroxylation is 3. The summed E-state index contributed by atoms with van der Waals surface area (Å²) in [6.45, 7) is 10.5. The third kappa shape index (κ3) is 7.71. The zero-order valence-electron chi connectivity index (χ0n) is 30.7. The van der Waals surface area contributed by atoms with Gasteiger partial charge in [-0.1, -0.05) is 35.5 Å². The lowest BCUT2D eigenvalue weighted by Gasteiger charge is -2.42. The van der Waals surface area contributed by atoms with E-state index >= 15 is 0 Å². The smallest absolute Gasteiger partial charge is 0.150 e. The van der Waals surface area contributed by atoms with E-state index < -0.39 is 0 Å². The molecule has 3 aromatic carbocycles. The van der Waals surface area contributed by atoms with E-state index in [0.29, 0.717) is 44.6 Å². The van der Waals surface area contributed by atoms with Crippen molar-refractivity contribution in [1.82, 2.24) is 10.1 Å². The number of likely N-dealkylation sites (N-methyl/N-ethyl adjacent to an activating group) is 1. The van der Waals surface area contributed by atoms with E-state index in [2.05, 4.69) is 77.3 Å². The first-order valence-corrected chi connectivity index (χ1v) is 18.0. The second-order valence-corrected chi connectivity index (χ2v) is 14.4. The van der Waals surface area contributed by atoms with Gasteiger partial charge in [0, 0.05) is 60.8 Å². The maximum Gasteiger partial charge on any atom is 0.150 e. The fraction of sp³-hybridized carbons (Fsp3) is 0.405. The summed E-state index contributed by atoms with van der Waals surface area (Å²) in [5, 5.41) is 14.0. The molecule has 2 atom stereocenters. The third-order valence-corrected chi connectivity index (χ3v) is 10.6. The van der Waals surface area contributed by atoms with Crippen LogP contribution in [-0.2, 0) is 26.3 Å². The topological polar surface area (TPSA) is 120 Å². The van der Waals surface area contributed by atoms with Crippen LogP contribution in [0.2, 0.25) is 0 Å². The van der Waals surface area contributed by atoms with Gasteiger partial charge in [-0.3, -0.25) is 9.69 Å². The molecule has 10 nitrogen and oxygen atoms in total. The van der Waals surface area contributed by atoms with Crippen LogP contribution in [0.15, 0.2) is 65.2 Å². The van der Waals surface area contributed by atoms with Gasteiger partial charge < -0.3 is 28.6 Å². The van der Waals surface area contributed by atoms with Crippen molar-refractivity contribution >= 4 is 35.9 Å². The number of benzene rings is 3. The highest BCUT2D eigenvalue weighted by atomic mass is 16.5. The molecule has 0 amide bonds. The van der Waals surface area contributed by atoms with Gasteiger partial charge in [0.1, 0.15) is 24.6 Å². The summed E-state index contributed by atoms with van der Waals surface area (Å²) in [7, 11) is 1.83. The molecular formula is C42H47N5O5. The van der Waals surface area contributed by atoms with Crippen LogP contribution in [0.25, 0.3) is 11.1 Å². The Morgan fingerprint density at radius 2 is 1.81 bits per heavy atom. The van der Waals surface area contributed by atoms with Gasteiger partial charge in [0.05, 0.1) is 35.4 Å². The summed E-state index contributed by atoms with van der Waals surface area (Å²) >= 11 is 0. The number of nitrogens with zero attached hydrogens (tertiary/aromatic N) is 5. The van der Waals surface area contributed by atoms with Crippen LogP contribution in [0, 0.1) is 32.1 Å². The molecule has 1 aliphatic heterocycles. The molecule has 0 bridgehead atoms. The van der Waals surface area contributed by atoms with Gasteiger partial charge >= 0.3 is 0 Å². The van der Waals surface area contributed by atoms with E-state index in [-0.39, 0.29) is 23.7 Å². The SMILES string of the molecule is Cc1ccc(-c2c(C)noc2C)cc1N(CC(C)OC1CN(c2ccc(CN(C)C(C=O)CCC=O)c(C=O)c2)C1)c1ccc(C2(C#N)CC2)cc1. The Balaban J connectivity index is 1.15. The zero-order valence-corrected chi connectivity index (χ0v) is 30.7. The number of aromatic nitrogens is 1. The highest BCUT2D eigenvalue weighted by Crippen LogP contribution is 2.48. The van der Waals surface area contributed by atoms with Gasteiger partial charge in [0.2, 0.25) is 0 Å². The lowest BCUT2D eigenvalue weighted by Crippen LogP contribution is -2.54. The highest BCUT2D eigenvalue weighted by Gasteiger charge is 2.44. The average molecular weight is 702 g/mol. The number of ether oxygens (including phenoxy) is 1. The number of carbonyl (C=O) groups is 3. The largest absolute Gasteiger partial charge is 0.370 e. The summed E-state index contributed by atoms with van der Waals surface area (Å²) in [5.41, 5.74) is 9.18. The van der Waals surface area contributed by atoms with Crippen molar-refractivity contribution in [3.63, 3.8) is 0 Å². The minimum Gasteiger partial charge on any atom is -0.370 e. The number of rotatable bonds is 17. The van der Waals surface area contributed by atoms with E-state index in [0.717, 1.165) is 88.0 Å². The van der Waals surface area contributed by atoms with Crippen molar-refractivity contribution in [2.24, 2.45) is 0 Å². The zero-order chi connectivity index (χ0) is 37.0. The molecule has 1 aromatic heterocycles. The lowest BCUT2D eigenvalue weighted by atomic mass is 9.97. The Labute approximate surface area is 305 Å². The Morgan fingerprint density at radius 3 is 2.42 bits per heavy atom. The maximum atomic E-state index is 12.1. The van der Waals surface area contributed by atoms with E-state index in [1.54, 1.807) is 0 Å². The first-order chi connectivity index (χ1) is 25.1. The minimum atomic E-state index is -0.386. The van der Waals surface area contributed by atoms with Crippen molar-refractivity contribution < 1.29 is 23.6 Å². The molecule has 270 valence electrons. The number of nitriles is 1. The van der Waals surface area contributed by atoms with Crippen molar-refractivity contribution in [2.45, 2.75) is 83.6 Å². The summed E-state index contributed by atoms with van der Waals surface area (Å²) in [4.78, 5) is 40.8. The van der Waals surface area contributed by atoms with Crippen LogP contribution in [0.5, 0.6) is 0 Å². The predicted molar refractivity (Wildman–Crippen MR) is 201 cm³/mol. The molecule has 2 unspecified atom stereocenters. The van der Waals surface area contributed by atoms with Gasteiger partial charge in [-0.15, -0.1) is 0 Å². The van der Waals surface area contributed by atoms with Crippen LogP contribution < -0.4 is 9.80 Å². The normalized spacial score (nSPS) is 16.1. The lowest BCUT2D eigenvalue weighted by molar-refractivity contribution is -0.113. The van der Waals surface area contributed by atoms with Gasteiger partial charge in [-0.05, 0) is 107 Å². The molecule has 2 fully saturated rings. The average Bonchev–Trinajstić information content (AvgIpc) is 3.87. The summed E-state index contributed by atoms with van der Waals surface area (Å²) in [5.74, 6) is 0.778. The monoisotopic (exact) mass is 701 g/mol. The minimum absolute atomic E-state index is 0.0241. The molecule has 0 radical (unpaired) electrons. The molecule has 4 aromatic rings. The van der Waals surface area contributed by atoms with E-state index in [1.807, 2.05) is 44.0 Å². The molecular weight excluding hydrogens is 654 g/mol. The molecule has 1 saturated carbocycles. The van der Waals surface area contributed by atoms with Crippen LogP contribution in [0.3, 0.4) is 0 Å². The fourth-order valence-corrected chi connectivity index (χ4v) is 7.26. The Hall–Kier alpha value is -5.11. The Kier molecular flexibility index (Phi) is 11.0. The first-order valence-electron chi connectivity index (χ1n) is 18.0. The van der Waals surface area contributed by atoms with Crippen molar-refractivity contribution in [2.75, 3.05) is 36.5 Å². The Morgan fingerprint density at radius 1 is 1.06 bits per heavy atom.